The summed E-state index contributed by atoms with van der Waals surface area (Å²) in [6.07, 6.45) is 0.519. The molecule has 0 aliphatic heterocycles. The van der Waals surface area contributed by atoms with Gasteiger partial charge in [-0.1, -0.05) is 42.5 Å². The van der Waals surface area contributed by atoms with Crippen LogP contribution in [0.2, 0.25) is 0 Å². The largest absolute Gasteiger partial charge is 0.421 e. The second-order valence-corrected chi connectivity index (χ2v) is 5.68. The van der Waals surface area contributed by atoms with Crippen molar-refractivity contribution in [3.05, 3.63) is 71.9 Å². The highest BCUT2D eigenvalue weighted by Gasteiger charge is 2.14. The highest BCUT2D eigenvalue weighted by atomic mass is 19.1. The molecule has 0 bridgehead atoms. The van der Waals surface area contributed by atoms with E-state index in [1.165, 1.54) is 6.07 Å². The van der Waals surface area contributed by atoms with Crippen molar-refractivity contribution < 1.29 is 13.6 Å². The van der Waals surface area contributed by atoms with Gasteiger partial charge in [0.15, 0.2) is 0 Å². The summed E-state index contributed by atoms with van der Waals surface area (Å²) in [5.74, 6) is -0.110. The molecule has 128 valence electrons. The lowest BCUT2D eigenvalue weighted by Crippen LogP contribution is -2.26. The number of aryl methyl sites for hydroxylation is 1. The zero-order valence-electron chi connectivity index (χ0n) is 13.8. The predicted octanol–water partition coefficient (Wildman–Crippen LogP) is 3.69. The van der Waals surface area contributed by atoms with Gasteiger partial charge in [0.2, 0.25) is 11.8 Å². The van der Waals surface area contributed by atoms with Crippen molar-refractivity contribution in [2.24, 2.45) is 0 Å². The maximum atomic E-state index is 13.7. The monoisotopic (exact) mass is 339 g/mol. The van der Waals surface area contributed by atoms with Crippen LogP contribution in [-0.4, -0.2) is 16.1 Å². The highest BCUT2D eigenvalue weighted by molar-refractivity contribution is 5.76. The number of amides is 1. The Hall–Kier alpha value is -3.02. The number of nitrogens with zero attached hydrogens (tertiary/aromatic N) is 2. The Balaban J connectivity index is 1.55. The Bertz CT molecular complexity index is 849. The third-order valence-corrected chi connectivity index (χ3v) is 3.81. The van der Waals surface area contributed by atoms with Crippen molar-refractivity contribution in [2.75, 3.05) is 0 Å². The smallest absolute Gasteiger partial charge is 0.250 e. The summed E-state index contributed by atoms with van der Waals surface area (Å²) >= 11 is 0. The van der Waals surface area contributed by atoms with E-state index >= 15 is 0 Å². The fraction of sp³-hybridized carbons (Fsp3) is 0.211. The quantitative estimate of drug-likeness (QED) is 0.744. The maximum absolute atomic E-state index is 13.7. The number of aromatic nitrogens is 2. The molecular formula is C19H18FN3O2. The lowest BCUT2D eigenvalue weighted by molar-refractivity contribution is -0.121. The van der Waals surface area contributed by atoms with Crippen molar-refractivity contribution >= 4 is 5.91 Å². The van der Waals surface area contributed by atoms with Gasteiger partial charge in [0.25, 0.3) is 5.89 Å². The van der Waals surface area contributed by atoms with E-state index in [9.17, 15) is 9.18 Å². The Morgan fingerprint density at radius 1 is 1.12 bits per heavy atom. The zero-order valence-corrected chi connectivity index (χ0v) is 13.8. The van der Waals surface area contributed by atoms with E-state index in [2.05, 4.69) is 15.5 Å². The summed E-state index contributed by atoms with van der Waals surface area (Å²) in [6.45, 7) is 1.93. The van der Waals surface area contributed by atoms with Crippen LogP contribution in [0.4, 0.5) is 4.39 Å². The van der Waals surface area contributed by atoms with Gasteiger partial charge in [-0.2, -0.15) is 0 Å². The van der Waals surface area contributed by atoms with Gasteiger partial charge >= 0.3 is 0 Å². The third kappa shape index (κ3) is 4.29. The Morgan fingerprint density at radius 2 is 1.84 bits per heavy atom. The molecule has 2 aromatic carbocycles. The van der Waals surface area contributed by atoms with Gasteiger partial charge in [-0.3, -0.25) is 4.79 Å². The number of halogens is 1. The fourth-order valence-corrected chi connectivity index (χ4v) is 2.46. The standard InChI is InChI=1S/C19H18FN3O2/c1-13(14-7-3-2-4-8-14)21-17(24)11-12-18-22-23-19(25-18)15-9-5-6-10-16(15)20/h2-10,13H,11-12H2,1H3,(H,21,24). The number of carbonyl (C=O) groups is 1. The van der Waals surface area contributed by atoms with Crippen LogP contribution in [0.5, 0.6) is 0 Å². The molecule has 0 spiro atoms. The van der Waals surface area contributed by atoms with Gasteiger partial charge in [0, 0.05) is 12.8 Å². The van der Waals surface area contributed by atoms with Crippen molar-refractivity contribution in [1.82, 2.24) is 15.5 Å². The number of nitrogens with one attached hydrogen (secondary N) is 1. The van der Waals surface area contributed by atoms with E-state index in [4.69, 9.17) is 4.42 Å². The van der Waals surface area contributed by atoms with Crippen molar-refractivity contribution in [2.45, 2.75) is 25.8 Å². The van der Waals surface area contributed by atoms with E-state index in [-0.39, 0.29) is 29.8 Å². The molecule has 1 aromatic heterocycles. The van der Waals surface area contributed by atoms with Gasteiger partial charge in [-0.05, 0) is 24.6 Å². The average molecular weight is 339 g/mol. The van der Waals surface area contributed by atoms with Gasteiger partial charge in [-0.25, -0.2) is 4.39 Å². The van der Waals surface area contributed by atoms with Gasteiger partial charge in [0.05, 0.1) is 11.6 Å². The minimum Gasteiger partial charge on any atom is -0.421 e. The Morgan fingerprint density at radius 3 is 2.60 bits per heavy atom. The van der Waals surface area contributed by atoms with Crippen molar-refractivity contribution in [3.8, 4) is 11.5 Å². The molecule has 0 saturated carbocycles. The summed E-state index contributed by atoms with van der Waals surface area (Å²) in [5, 5.41) is 10.7. The zero-order chi connectivity index (χ0) is 17.6. The molecule has 25 heavy (non-hydrogen) atoms. The Kier molecular flexibility index (Phi) is 5.18. The molecule has 3 aromatic rings. The third-order valence-electron chi connectivity index (χ3n) is 3.81. The molecule has 0 radical (unpaired) electrons. The van der Waals surface area contributed by atoms with Crippen LogP contribution in [0, 0.1) is 5.82 Å². The molecule has 0 aliphatic rings. The molecular weight excluding hydrogens is 321 g/mol. The molecule has 1 unspecified atom stereocenters. The van der Waals surface area contributed by atoms with Crippen LogP contribution in [0.1, 0.15) is 30.8 Å². The molecule has 3 rings (SSSR count). The Labute approximate surface area is 144 Å². The molecule has 0 saturated heterocycles. The van der Waals surface area contributed by atoms with Crippen LogP contribution in [0.3, 0.4) is 0 Å². The molecule has 1 heterocycles. The van der Waals surface area contributed by atoms with E-state index < -0.39 is 5.82 Å². The van der Waals surface area contributed by atoms with Gasteiger partial charge < -0.3 is 9.73 Å². The topological polar surface area (TPSA) is 68.0 Å². The molecule has 1 amide bonds. The van der Waals surface area contributed by atoms with Gasteiger partial charge in [-0.15, -0.1) is 10.2 Å². The summed E-state index contributed by atoms with van der Waals surface area (Å²) in [4.78, 5) is 12.1. The van der Waals surface area contributed by atoms with Crippen LogP contribution >= 0.6 is 0 Å². The fourth-order valence-electron chi connectivity index (χ4n) is 2.46. The number of benzene rings is 2. The first kappa shape index (κ1) is 16.8. The van der Waals surface area contributed by atoms with Crippen molar-refractivity contribution in [1.29, 1.82) is 0 Å². The van der Waals surface area contributed by atoms with Crippen LogP contribution in [0.25, 0.3) is 11.5 Å². The van der Waals surface area contributed by atoms with E-state index in [1.54, 1.807) is 18.2 Å². The number of rotatable bonds is 6. The summed E-state index contributed by atoms with van der Waals surface area (Å²) in [6, 6.07) is 15.8. The predicted molar refractivity (Wildman–Crippen MR) is 91.0 cm³/mol. The highest BCUT2D eigenvalue weighted by Crippen LogP contribution is 2.21. The van der Waals surface area contributed by atoms with Crippen LogP contribution in [-0.2, 0) is 11.2 Å². The van der Waals surface area contributed by atoms with E-state index in [1.807, 2.05) is 37.3 Å². The average Bonchev–Trinajstić information content (AvgIpc) is 3.10. The molecule has 0 fully saturated rings. The van der Waals surface area contributed by atoms with Gasteiger partial charge in [0.1, 0.15) is 5.82 Å². The summed E-state index contributed by atoms with van der Waals surface area (Å²) in [7, 11) is 0. The lowest BCUT2D eigenvalue weighted by atomic mass is 10.1. The number of hydrogen-bond acceptors (Lipinski definition) is 4. The number of carbonyl (C=O) groups excluding carboxylic acids is 1. The molecule has 6 heteroatoms. The summed E-state index contributed by atoms with van der Waals surface area (Å²) in [5.41, 5.74) is 1.29. The first-order valence-corrected chi connectivity index (χ1v) is 8.05. The lowest BCUT2D eigenvalue weighted by Gasteiger charge is -2.13. The van der Waals surface area contributed by atoms with E-state index in [0.29, 0.717) is 12.3 Å². The molecule has 5 nitrogen and oxygen atoms in total. The van der Waals surface area contributed by atoms with Crippen LogP contribution < -0.4 is 5.32 Å². The second-order valence-electron chi connectivity index (χ2n) is 5.68. The number of hydrogen-bond donors (Lipinski definition) is 1. The summed E-state index contributed by atoms with van der Waals surface area (Å²) < 4.78 is 19.2. The molecule has 0 aliphatic carbocycles. The SMILES string of the molecule is CC(NC(=O)CCc1nnc(-c2ccccc2F)o1)c1ccccc1. The normalized spacial score (nSPS) is 11.9. The van der Waals surface area contributed by atoms with E-state index in [0.717, 1.165) is 5.56 Å². The molecule has 1 N–H and O–H groups in total. The van der Waals surface area contributed by atoms with Crippen molar-refractivity contribution in [3.63, 3.8) is 0 Å². The second kappa shape index (κ2) is 7.70. The minimum absolute atomic E-state index is 0.0784. The first-order chi connectivity index (χ1) is 12.1. The maximum Gasteiger partial charge on any atom is 0.250 e. The van der Waals surface area contributed by atoms with Crippen LogP contribution in [0.15, 0.2) is 59.0 Å². The first-order valence-electron chi connectivity index (χ1n) is 8.05. The molecule has 1 atom stereocenters. The minimum atomic E-state index is -0.424.